The molecule has 0 spiro atoms. The predicted molar refractivity (Wildman–Crippen MR) is 139 cm³/mol. The lowest BCUT2D eigenvalue weighted by atomic mass is 10.2. The van der Waals surface area contributed by atoms with Gasteiger partial charge in [-0.25, -0.2) is 0 Å². The van der Waals surface area contributed by atoms with Gasteiger partial charge in [-0.1, -0.05) is 36.4 Å². The Balaban J connectivity index is 1.91. The molecule has 0 aliphatic heterocycles. The quantitative estimate of drug-likeness (QED) is 0.120. The molecule has 3 aromatic rings. The molecule has 0 atom stereocenters. The molecule has 0 aliphatic carbocycles. The molecule has 0 aromatic heterocycles. The number of carbonyl (C=O) groups excluding carboxylic acids is 1. The Kier molecular flexibility index (Phi) is 9.34. The average molecular weight is 628 g/mol. The molecule has 3 aromatic carbocycles. The normalized spacial score (nSPS) is 13.2. The Hall–Kier alpha value is -2.92. The average Bonchev–Trinajstić information content (AvgIpc) is 2.89. The van der Waals surface area contributed by atoms with Crippen LogP contribution in [-0.4, -0.2) is 23.4 Å². The van der Waals surface area contributed by atoms with Crippen molar-refractivity contribution in [2.24, 2.45) is 0 Å². The minimum absolute atomic E-state index is 0.0141. The van der Waals surface area contributed by atoms with E-state index >= 15 is 0 Å². The fourth-order valence-electron chi connectivity index (χ4n) is 4.03. The molecule has 0 bridgehead atoms. The number of halogens is 9. The van der Waals surface area contributed by atoms with Crippen LogP contribution in [0.4, 0.5) is 39.5 Å². The van der Waals surface area contributed by atoms with Gasteiger partial charge in [0.25, 0.3) is 0 Å². The second kappa shape index (κ2) is 11.8. The van der Waals surface area contributed by atoms with E-state index in [9.17, 15) is 48.9 Å². The second-order valence-electron chi connectivity index (χ2n) is 9.36. The predicted octanol–water partition coefficient (Wildman–Crippen LogP) is 7.74. The number of hydrogen-bond donors (Lipinski definition) is 1. The van der Waals surface area contributed by atoms with Crippen LogP contribution in [0.5, 0.6) is 0 Å². The van der Waals surface area contributed by atoms with Crippen molar-refractivity contribution in [2.75, 3.05) is 12.3 Å². The number of benzene rings is 3. The Labute approximate surface area is 233 Å². The third-order valence-electron chi connectivity index (χ3n) is 6.30. The van der Waals surface area contributed by atoms with Crippen LogP contribution < -0.4 is 15.9 Å². The van der Waals surface area contributed by atoms with Gasteiger partial charge in [0.05, 0.1) is 16.7 Å². The minimum Gasteiger partial charge on any atom is -0.354 e. The molecular weight excluding hydrogens is 604 g/mol. The fraction of sp³-hybridized carbons (Fsp3) is 0.296. The number of thioether (sulfide) groups is 1. The summed E-state index contributed by atoms with van der Waals surface area (Å²) in [5, 5.41) is 0.216. The lowest BCUT2D eigenvalue weighted by Crippen LogP contribution is -2.47. The molecule has 0 radical (unpaired) electrons. The van der Waals surface area contributed by atoms with Gasteiger partial charge in [-0.3, -0.25) is 4.79 Å². The maximum atomic E-state index is 14.7. The van der Waals surface area contributed by atoms with Gasteiger partial charge < -0.3 is 9.88 Å². The van der Waals surface area contributed by atoms with E-state index in [2.05, 4.69) is 5.32 Å². The smallest absolute Gasteiger partial charge is 0.354 e. The lowest BCUT2D eigenvalue weighted by molar-refractivity contribution is -0.140. The van der Waals surface area contributed by atoms with Crippen LogP contribution in [0.1, 0.15) is 30.5 Å². The van der Waals surface area contributed by atoms with Crippen molar-refractivity contribution in [3.05, 3.63) is 89.5 Å². The van der Waals surface area contributed by atoms with Crippen molar-refractivity contribution in [2.45, 2.75) is 42.4 Å². The van der Waals surface area contributed by atoms with E-state index in [0.717, 1.165) is 42.1 Å². The summed E-state index contributed by atoms with van der Waals surface area (Å²) >= 11 is 0.818. The van der Waals surface area contributed by atoms with Crippen LogP contribution >= 0.6 is 18.9 Å². The molecule has 1 amide bonds. The summed E-state index contributed by atoms with van der Waals surface area (Å²) in [5.74, 6) is -0.870. The Morgan fingerprint density at radius 1 is 0.707 bits per heavy atom. The first kappa shape index (κ1) is 32.6. The fourth-order valence-corrected chi connectivity index (χ4v) is 8.06. The van der Waals surface area contributed by atoms with E-state index in [0.29, 0.717) is 24.3 Å². The van der Waals surface area contributed by atoms with Gasteiger partial charge in [-0.05, 0) is 50.2 Å². The minimum atomic E-state index is -4.72. The zero-order valence-corrected chi connectivity index (χ0v) is 23.1. The molecule has 0 unspecified atom stereocenters. The molecule has 3 nitrogen and oxygen atoms in total. The van der Waals surface area contributed by atoms with E-state index in [1.54, 1.807) is 0 Å². The van der Waals surface area contributed by atoms with E-state index in [1.165, 1.54) is 32.0 Å². The summed E-state index contributed by atoms with van der Waals surface area (Å²) in [6, 6.07) is 11.1. The Morgan fingerprint density at radius 3 is 1.56 bits per heavy atom. The number of hydrogen-bond acceptors (Lipinski definition) is 3. The van der Waals surface area contributed by atoms with E-state index < -0.39 is 53.4 Å². The summed E-state index contributed by atoms with van der Waals surface area (Å²) < 4.78 is 133. The topological polar surface area (TPSA) is 46.2 Å². The monoisotopic (exact) mass is 627 g/mol. The van der Waals surface area contributed by atoms with Gasteiger partial charge in [0.1, 0.15) is 5.16 Å². The number of rotatable bonds is 8. The van der Waals surface area contributed by atoms with Crippen LogP contribution in [-0.2, 0) is 27.9 Å². The third-order valence-corrected chi connectivity index (χ3v) is 11.2. The summed E-state index contributed by atoms with van der Waals surface area (Å²) in [5.41, 5.74) is -2.97. The van der Waals surface area contributed by atoms with Crippen LogP contribution in [0.15, 0.2) is 77.7 Å². The first-order valence-corrected chi connectivity index (χ1v) is 14.5. The molecule has 222 valence electrons. The van der Waals surface area contributed by atoms with Gasteiger partial charge in [-0.2, -0.15) is 39.5 Å². The molecule has 41 heavy (non-hydrogen) atoms. The highest BCUT2D eigenvalue weighted by molar-refractivity contribution is 7.99. The van der Waals surface area contributed by atoms with Gasteiger partial charge in [0.15, 0.2) is 7.14 Å². The molecule has 14 heteroatoms. The zero-order chi connectivity index (χ0) is 30.9. The van der Waals surface area contributed by atoms with Crippen LogP contribution in [0.2, 0.25) is 0 Å². The molecule has 0 fully saturated rings. The van der Waals surface area contributed by atoms with Crippen molar-refractivity contribution in [1.82, 2.24) is 5.32 Å². The first-order chi connectivity index (χ1) is 18.8. The summed E-state index contributed by atoms with van der Waals surface area (Å²) in [6.07, 6.45) is -14.0. The molecule has 0 heterocycles. The van der Waals surface area contributed by atoms with Crippen LogP contribution in [0.3, 0.4) is 0 Å². The standard InChI is InChI=1S/C27H23F9NO2PS/c1-24(2,23(38)37-15-16-41-22-6-4-3-5-21(22)27(34,35)36)40(39,19-11-7-17(8-12-19)25(28,29)30)20-13-9-18(10-14-20)26(31,32)33/h3-14H,15-16H2,1-2H3,(H,37,38). The Morgan fingerprint density at radius 2 is 1.15 bits per heavy atom. The second-order valence-corrected chi connectivity index (χ2v) is 13.9. The number of carbonyl (C=O) groups is 1. The molecule has 0 saturated carbocycles. The summed E-state index contributed by atoms with van der Waals surface area (Å²) in [6.45, 7) is 2.31. The summed E-state index contributed by atoms with van der Waals surface area (Å²) in [7, 11) is -4.27. The highest BCUT2D eigenvalue weighted by atomic mass is 32.2. The van der Waals surface area contributed by atoms with Crippen molar-refractivity contribution >= 4 is 35.4 Å². The van der Waals surface area contributed by atoms with Gasteiger partial charge in [-0.15, -0.1) is 11.8 Å². The van der Waals surface area contributed by atoms with Crippen molar-refractivity contribution in [3.63, 3.8) is 0 Å². The third kappa shape index (κ3) is 7.12. The highest BCUT2D eigenvalue weighted by Crippen LogP contribution is 2.56. The molecular formula is C27H23F9NO2PS. The van der Waals surface area contributed by atoms with E-state index in [1.807, 2.05) is 0 Å². The van der Waals surface area contributed by atoms with Crippen LogP contribution in [0, 0.1) is 0 Å². The van der Waals surface area contributed by atoms with E-state index in [-0.39, 0.29) is 27.8 Å². The van der Waals surface area contributed by atoms with Crippen molar-refractivity contribution < 1.29 is 48.9 Å². The number of nitrogens with one attached hydrogen (secondary N) is 1. The van der Waals surface area contributed by atoms with Gasteiger partial charge in [0, 0.05) is 27.8 Å². The zero-order valence-electron chi connectivity index (χ0n) is 21.4. The van der Waals surface area contributed by atoms with Crippen molar-refractivity contribution in [3.8, 4) is 0 Å². The van der Waals surface area contributed by atoms with E-state index in [4.69, 9.17) is 0 Å². The maximum Gasteiger partial charge on any atom is 0.417 e. The molecule has 0 aliphatic rings. The number of amides is 1. The lowest BCUT2D eigenvalue weighted by Gasteiger charge is -2.34. The summed E-state index contributed by atoms with van der Waals surface area (Å²) in [4.78, 5) is 13.2. The molecule has 0 saturated heterocycles. The molecule has 3 rings (SSSR count). The van der Waals surface area contributed by atoms with Gasteiger partial charge in [0.2, 0.25) is 5.91 Å². The SMILES string of the molecule is CC(C)(C(=O)NCCSc1ccccc1C(F)(F)F)P(=O)(c1ccc(C(F)(F)F)cc1)c1ccc(C(F)(F)F)cc1. The Bertz CT molecular complexity index is 1350. The van der Waals surface area contributed by atoms with Gasteiger partial charge >= 0.3 is 18.5 Å². The largest absolute Gasteiger partial charge is 0.417 e. The first-order valence-electron chi connectivity index (χ1n) is 11.8. The van der Waals surface area contributed by atoms with Crippen molar-refractivity contribution in [1.29, 1.82) is 0 Å². The highest BCUT2D eigenvalue weighted by Gasteiger charge is 2.49. The van der Waals surface area contributed by atoms with Crippen LogP contribution in [0.25, 0.3) is 0 Å². The molecule has 1 N–H and O–H groups in total. The number of alkyl halides is 9. The maximum absolute atomic E-state index is 14.7.